The van der Waals surface area contributed by atoms with Crippen LogP contribution in [0.5, 0.6) is 0 Å². The number of H-pyrrole nitrogens is 1. The lowest BCUT2D eigenvalue weighted by atomic mass is 10.1. The van der Waals surface area contributed by atoms with Crippen LogP contribution in [-0.4, -0.2) is 25.1 Å². The molecule has 0 saturated heterocycles. The third-order valence-corrected chi connectivity index (χ3v) is 5.55. The fraction of sp³-hybridized carbons (Fsp3) is 0.130. The molecule has 166 valence electrons. The monoisotopic (exact) mass is 468 g/mol. The van der Waals surface area contributed by atoms with E-state index in [4.69, 9.17) is 11.6 Å². The van der Waals surface area contributed by atoms with E-state index in [9.17, 15) is 13.2 Å². The largest absolute Gasteiger partial charge is 0.416 e. The van der Waals surface area contributed by atoms with Crippen LogP contribution in [0.15, 0.2) is 60.9 Å². The molecule has 5 rings (SSSR count). The highest BCUT2D eigenvalue weighted by atomic mass is 35.5. The molecule has 0 radical (unpaired) electrons. The van der Waals surface area contributed by atoms with Crippen LogP contribution < -0.4 is 4.90 Å². The molecule has 1 N–H and O–H groups in total. The molecule has 33 heavy (non-hydrogen) atoms. The zero-order valence-electron chi connectivity index (χ0n) is 17.2. The van der Waals surface area contributed by atoms with Crippen molar-refractivity contribution in [1.29, 1.82) is 0 Å². The first-order chi connectivity index (χ1) is 15.8. The highest BCUT2D eigenvalue weighted by Gasteiger charge is 2.32. The van der Waals surface area contributed by atoms with Crippen molar-refractivity contribution in [3.8, 4) is 0 Å². The lowest BCUT2D eigenvalue weighted by Crippen LogP contribution is -2.15. The number of pyridine rings is 1. The standard InChI is InChI=1S/C23H16ClF3N6/c1-2-15-6-3-13-4-7-16(10-18(13)30-15)33(22-28-11-20-19(31-22)12-29-32-20)21-8-5-14(9-17(21)24)23(25,26)27/h3-12H,2H2,1H3,(H,29,32). The van der Waals surface area contributed by atoms with Crippen LogP contribution in [0.2, 0.25) is 5.02 Å². The van der Waals surface area contributed by atoms with Crippen molar-refractivity contribution in [2.45, 2.75) is 19.5 Å². The maximum Gasteiger partial charge on any atom is 0.416 e. The minimum Gasteiger partial charge on any atom is -0.278 e. The van der Waals surface area contributed by atoms with E-state index in [0.717, 1.165) is 35.2 Å². The zero-order chi connectivity index (χ0) is 23.2. The van der Waals surface area contributed by atoms with Gasteiger partial charge >= 0.3 is 6.18 Å². The molecule has 0 unspecified atom stereocenters. The average molecular weight is 469 g/mol. The predicted octanol–water partition coefficient (Wildman–Crippen LogP) is 6.61. The minimum atomic E-state index is -4.51. The highest BCUT2D eigenvalue weighted by Crippen LogP contribution is 2.41. The Hall–Kier alpha value is -3.72. The Balaban J connectivity index is 1.71. The summed E-state index contributed by atoms with van der Waals surface area (Å²) in [6.07, 6.45) is -0.635. The molecular weight excluding hydrogens is 453 g/mol. The molecule has 5 aromatic rings. The summed E-state index contributed by atoms with van der Waals surface area (Å²) in [5.41, 5.74) is 2.92. The average Bonchev–Trinajstić information content (AvgIpc) is 3.27. The summed E-state index contributed by atoms with van der Waals surface area (Å²) < 4.78 is 39.6. The summed E-state index contributed by atoms with van der Waals surface area (Å²) in [6, 6.07) is 12.7. The van der Waals surface area contributed by atoms with E-state index in [1.807, 2.05) is 37.3 Å². The van der Waals surface area contributed by atoms with Crippen LogP contribution in [0, 0.1) is 0 Å². The van der Waals surface area contributed by atoms with Crippen LogP contribution in [0.1, 0.15) is 18.2 Å². The molecule has 10 heteroatoms. The maximum atomic E-state index is 13.2. The number of anilines is 3. The molecule has 0 aliphatic heterocycles. The topological polar surface area (TPSA) is 70.6 Å². The van der Waals surface area contributed by atoms with Gasteiger partial charge in [0, 0.05) is 11.1 Å². The first kappa shape index (κ1) is 21.1. The third kappa shape index (κ3) is 3.95. The van der Waals surface area contributed by atoms with Gasteiger partial charge < -0.3 is 0 Å². The Bertz CT molecular complexity index is 1480. The van der Waals surface area contributed by atoms with Crippen molar-refractivity contribution >= 4 is 50.9 Å². The van der Waals surface area contributed by atoms with Gasteiger partial charge in [0.1, 0.15) is 11.0 Å². The second-order valence-electron chi connectivity index (χ2n) is 7.37. The highest BCUT2D eigenvalue weighted by molar-refractivity contribution is 6.33. The summed E-state index contributed by atoms with van der Waals surface area (Å²) in [4.78, 5) is 15.2. The number of aromatic amines is 1. The van der Waals surface area contributed by atoms with Crippen molar-refractivity contribution in [3.05, 3.63) is 77.2 Å². The number of nitrogens with zero attached hydrogens (tertiary/aromatic N) is 5. The fourth-order valence-corrected chi connectivity index (χ4v) is 3.82. The van der Waals surface area contributed by atoms with Crippen LogP contribution in [0.4, 0.5) is 30.5 Å². The van der Waals surface area contributed by atoms with Gasteiger partial charge in [-0.05, 0) is 42.8 Å². The van der Waals surface area contributed by atoms with Gasteiger partial charge in [-0.25, -0.2) is 9.97 Å². The van der Waals surface area contributed by atoms with Crippen molar-refractivity contribution < 1.29 is 13.2 Å². The Morgan fingerprint density at radius 1 is 0.970 bits per heavy atom. The third-order valence-electron chi connectivity index (χ3n) is 5.25. The predicted molar refractivity (Wildman–Crippen MR) is 121 cm³/mol. The number of halogens is 4. The Labute approximate surface area is 191 Å². The van der Waals surface area contributed by atoms with E-state index < -0.39 is 11.7 Å². The van der Waals surface area contributed by atoms with Gasteiger partial charge in [0.25, 0.3) is 0 Å². The molecule has 0 saturated carbocycles. The number of rotatable bonds is 4. The fourth-order valence-electron chi connectivity index (χ4n) is 3.55. The first-order valence-electron chi connectivity index (χ1n) is 10.1. The summed E-state index contributed by atoms with van der Waals surface area (Å²) >= 11 is 6.36. The molecule has 6 nitrogen and oxygen atoms in total. The lowest BCUT2D eigenvalue weighted by molar-refractivity contribution is -0.137. The summed E-state index contributed by atoms with van der Waals surface area (Å²) in [6.45, 7) is 2.01. The molecule has 0 spiro atoms. The number of nitrogens with one attached hydrogen (secondary N) is 1. The van der Waals surface area contributed by atoms with E-state index >= 15 is 0 Å². The number of aromatic nitrogens is 5. The van der Waals surface area contributed by atoms with Crippen molar-refractivity contribution in [2.24, 2.45) is 0 Å². The van der Waals surface area contributed by atoms with Crippen LogP contribution in [0.25, 0.3) is 21.9 Å². The molecular formula is C23H16ClF3N6. The van der Waals surface area contributed by atoms with Crippen LogP contribution >= 0.6 is 11.6 Å². The van der Waals surface area contributed by atoms with Gasteiger partial charge in [0.05, 0.1) is 39.9 Å². The minimum absolute atomic E-state index is 0.0870. The number of fused-ring (bicyclic) bond motifs is 2. The maximum absolute atomic E-state index is 13.2. The van der Waals surface area contributed by atoms with Gasteiger partial charge in [-0.15, -0.1) is 0 Å². The van der Waals surface area contributed by atoms with E-state index in [2.05, 4.69) is 25.1 Å². The second-order valence-corrected chi connectivity index (χ2v) is 7.78. The van der Waals surface area contributed by atoms with Gasteiger partial charge in [-0.1, -0.05) is 30.7 Å². The van der Waals surface area contributed by atoms with E-state index in [-0.39, 0.29) is 11.0 Å². The van der Waals surface area contributed by atoms with Crippen molar-refractivity contribution in [1.82, 2.24) is 25.1 Å². The summed E-state index contributed by atoms with van der Waals surface area (Å²) in [7, 11) is 0. The Kier molecular flexibility index (Phi) is 5.13. The van der Waals surface area contributed by atoms with E-state index in [0.29, 0.717) is 22.4 Å². The number of benzene rings is 2. The Morgan fingerprint density at radius 3 is 2.55 bits per heavy atom. The number of hydrogen-bond donors (Lipinski definition) is 1. The molecule has 0 bridgehead atoms. The summed E-state index contributed by atoms with van der Waals surface area (Å²) in [5.74, 6) is 0.233. The van der Waals surface area contributed by atoms with Gasteiger partial charge in [0.15, 0.2) is 0 Å². The smallest absolute Gasteiger partial charge is 0.278 e. The summed E-state index contributed by atoms with van der Waals surface area (Å²) in [5, 5.41) is 7.58. The van der Waals surface area contributed by atoms with E-state index in [1.54, 1.807) is 17.3 Å². The molecule has 0 fully saturated rings. The normalized spacial score (nSPS) is 11.9. The lowest BCUT2D eigenvalue weighted by Gasteiger charge is -2.25. The second kappa shape index (κ2) is 8.00. The quantitative estimate of drug-likeness (QED) is 0.321. The van der Waals surface area contributed by atoms with Crippen molar-refractivity contribution in [2.75, 3.05) is 4.90 Å². The molecule has 3 heterocycles. The molecule has 0 atom stereocenters. The Morgan fingerprint density at radius 2 is 1.79 bits per heavy atom. The van der Waals surface area contributed by atoms with Crippen LogP contribution in [0.3, 0.4) is 0 Å². The molecule has 0 amide bonds. The molecule has 3 aromatic heterocycles. The number of alkyl halides is 3. The van der Waals surface area contributed by atoms with Crippen LogP contribution in [-0.2, 0) is 12.6 Å². The molecule has 0 aliphatic carbocycles. The zero-order valence-corrected chi connectivity index (χ0v) is 18.0. The molecule has 2 aromatic carbocycles. The number of aryl methyl sites for hydroxylation is 1. The molecule has 0 aliphatic rings. The first-order valence-corrected chi connectivity index (χ1v) is 10.4. The van der Waals surface area contributed by atoms with Crippen molar-refractivity contribution in [3.63, 3.8) is 0 Å². The van der Waals surface area contributed by atoms with Gasteiger partial charge in [-0.3, -0.25) is 15.0 Å². The van der Waals surface area contributed by atoms with E-state index in [1.165, 1.54) is 6.07 Å². The van der Waals surface area contributed by atoms with Gasteiger partial charge in [0.2, 0.25) is 5.95 Å². The number of hydrogen-bond acceptors (Lipinski definition) is 5. The van der Waals surface area contributed by atoms with Gasteiger partial charge in [-0.2, -0.15) is 18.3 Å². The SMILES string of the molecule is CCc1ccc2ccc(N(c3ncc4[nH]ncc4n3)c3ccc(C(F)(F)F)cc3Cl)cc2n1.